The van der Waals surface area contributed by atoms with Crippen molar-refractivity contribution in [3.05, 3.63) is 82.6 Å². The van der Waals surface area contributed by atoms with Crippen LogP contribution in [0.4, 0.5) is 0 Å². The summed E-state index contributed by atoms with van der Waals surface area (Å²) >= 11 is 3.34. The number of carbonyl (C=O) groups excluding carboxylic acids is 1. The van der Waals surface area contributed by atoms with Gasteiger partial charge in [-0.25, -0.2) is 0 Å². The molecule has 26 heavy (non-hydrogen) atoms. The van der Waals surface area contributed by atoms with Crippen LogP contribution in [0.15, 0.2) is 71.3 Å². The maximum absolute atomic E-state index is 12.1. The highest BCUT2D eigenvalue weighted by Gasteiger charge is 2.05. The normalized spacial score (nSPS) is 10.4. The summed E-state index contributed by atoms with van der Waals surface area (Å²) in [4.78, 5) is 16.4. The van der Waals surface area contributed by atoms with Crippen molar-refractivity contribution < 1.29 is 9.53 Å². The zero-order valence-electron chi connectivity index (χ0n) is 14.4. The van der Waals surface area contributed by atoms with Crippen molar-refractivity contribution in [1.82, 2.24) is 10.3 Å². The van der Waals surface area contributed by atoms with E-state index in [1.807, 2.05) is 60.7 Å². The number of nitrogens with zero attached hydrogens (tertiary/aromatic N) is 1. The van der Waals surface area contributed by atoms with Crippen molar-refractivity contribution >= 4 is 21.8 Å². The van der Waals surface area contributed by atoms with Crippen LogP contribution < -0.4 is 10.1 Å². The number of pyridine rings is 1. The summed E-state index contributed by atoms with van der Waals surface area (Å²) in [7, 11) is 1.65. The molecule has 1 aromatic heterocycles. The molecule has 1 heterocycles. The van der Waals surface area contributed by atoms with Gasteiger partial charge in [0.2, 0.25) is 5.91 Å². The number of aromatic nitrogens is 1. The number of hydrogen-bond acceptors (Lipinski definition) is 3. The number of benzene rings is 2. The molecule has 0 atom stereocenters. The van der Waals surface area contributed by atoms with Crippen LogP contribution in [0, 0.1) is 0 Å². The number of rotatable bonds is 6. The Balaban J connectivity index is 1.56. The van der Waals surface area contributed by atoms with Crippen molar-refractivity contribution in [3.63, 3.8) is 0 Å². The third-order valence-corrected chi connectivity index (χ3v) is 4.47. The number of ether oxygens (including phenoxy) is 1. The minimum atomic E-state index is -0.0214. The van der Waals surface area contributed by atoms with Crippen molar-refractivity contribution in [2.75, 3.05) is 7.11 Å². The second-order valence-electron chi connectivity index (χ2n) is 5.85. The summed E-state index contributed by atoms with van der Waals surface area (Å²) < 4.78 is 6.10. The zero-order chi connectivity index (χ0) is 18.4. The summed E-state index contributed by atoms with van der Waals surface area (Å²) in [5.41, 5.74) is 4.03. The van der Waals surface area contributed by atoms with Crippen LogP contribution in [0.25, 0.3) is 11.1 Å². The van der Waals surface area contributed by atoms with Gasteiger partial charge in [0.15, 0.2) is 0 Å². The van der Waals surface area contributed by atoms with Gasteiger partial charge in [0.05, 0.1) is 25.8 Å². The molecule has 2 aromatic carbocycles. The largest absolute Gasteiger partial charge is 0.497 e. The lowest BCUT2D eigenvalue weighted by Crippen LogP contribution is -2.24. The number of nitrogens with one attached hydrogen (secondary N) is 1. The number of halogens is 1. The Kier molecular flexibility index (Phi) is 6.02. The molecule has 0 fully saturated rings. The molecule has 1 N–H and O–H groups in total. The Morgan fingerprint density at radius 1 is 1.00 bits per heavy atom. The first-order chi connectivity index (χ1) is 12.6. The Hall–Kier alpha value is -2.66. The second kappa shape index (κ2) is 8.63. The molecule has 1 amide bonds. The monoisotopic (exact) mass is 410 g/mol. The fraction of sp³-hybridized carbons (Fsp3) is 0.143. The topological polar surface area (TPSA) is 51.2 Å². The van der Waals surface area contributed by atoms with E-state index in [9.17, 15) is 4.79 Å². The van der Waals surface area contributed by atoms with Gasteiger partial charge in [0, 0.05) is 10.7 Å². The van der Waals surface area contributed by atoms with Crippen molar-refractivity contribution in [1.29, 1.82) is 0 Å². The summed E-state index contributed by atoms with van der Waals surface area (Å²) in [6, 6.07) is 19.7. The highest BCUT2D eigenvalue weighted by Crippen LogP contribution is 2.22. The van der Waals surface area contributed by atoms with Gasteiger partial charge in [-0.2, -0.15) is 0 Å². The Labute approximate surface area is 161 Å². The van der Waals surface area contributed by atoms with Crippen LogP contribution in [-0.2, 0) is 17.8 Å². The van der Waals surface area contributed by atoms with E-state index < -0.39 is 0 Å². The molecular weight excluding hydrogens is 392 g/mol. The first kappa shape index (κ1) is 18.1. The van der Waals surface area contributed by atoms with Crippen LogP contribution in [0.1, 0.15) is 11.3 Å². The van der Waals surface area contributed by atoms with Gasteiger partial charge >= 0.3 is 0 Å². The standard InChI is InChI=1S/C21H19BrN2O2/c1-26-20-10-6-17(7-11-20)16-4-2-15(3-5-16)12-21(25)24-14-19-9-8-18(22)13-23-19/h2-11,13H,12,14H2,1H3,(H,24,25). The van der Waals surface area contributed by atoms with Crippen molar-refractivity contribution in [2.45, 2.75) is 13.0 Å². The van der Waals surface area contributed by atoms with E-state index in [0.29, 0.717) is 13.0 Å². The van der Waals surface area contributed by atoms with Gasteiger partial charge in [-0.1, -0.05) is 36.4 Å². The molecule has 5 heteroatoms. The predicted molar refractivity (Wildman–Crippen MR) is 106 cm³/mol. The average Bonchev–Trinajstić information content (AvgIpc) is 2.68. The van der Waals surface area contributed by atoms with E-state index in [1.54, 1.807) is 13.3 Å². The summed E-state index contributed by atoms with van der Waals surface area (Å²) in [6.07, 6.45) is 2.07. The van der Waals surface area contributed by atoms with E-state index in [0.717, 1.165) is 32.6 Å². The second-order valence-corrected chi connectivity index (χ2v) is 6.76. The SMILES string of the molecule is COc1ccc(-c2ccc(CC(=O)NCc3ccc(Br)cn3)cc2)cc1. The Morgan fingerprint density at radius 3 is 2.23 bits per heavy atom. The third kappa shape index (κ3) is 4.92. The molecule has 0 bridgehead atoms. The average molecular weight is 411 g/mol. The fourth-order valence-electron chi connectivity index (χ4n) is 2.55. The van der Waals surface area contributed by atoms with Gasteiger partial charge in [-0.15, -0.1) is 0 Å². The molecule has 4 nitrogen and oxygen atoms in total. The molecule has 0 saturated carbocycles. The lowest BCUT2D eigenvalue weighted by atomic mass is 10.0. The molecule has 0 radical (unpaired) electrons. The van der Waals surface area contributed by atoms with Gasteiger partial charge in [-0.3, -0.25) is 9.78 Å². The molecule has 132 valence electrons. The minimum Gasteiger partial charge on any atom is -0.497 e. The van der Waals surface area contributed by atoms with E-state index in [4.69, 9.17) is 4.74 Å². The minimum absolute atomic E-state index is 0.0214. The molecule has 0 spiro atoms. The third-order valence-electron chi connectivity index (χ3n) is 4.00. The maximum Gasteiger partial charge on any atom is 0.224 e. The highest BCUT2D eigenvalue weighted by atomic mass is 79.9. The first-order valence-electron chi connectivity index (χ1n) is 8.24. The molecule has 0 unspecified atom stereocenters. The smallest absolute Gasteiger partial charge is 0.224 e. The maximum atomic E-state index is 12.1. The van der Waals surface area contributed by atoms with Crippen molar-refractivity contribution in [2.24, 2.45) is 0 Å². The molecule has 0 saturated heterocycles. The Bertz CT molecular complexity index is 860. The molecule has 0 aliphatic rings. The number of hydrogen-bond donors (Lipinski definition) is 1. The fourth-order valence-corrected chi connectivity index (χ4v) is 2.78. The van der Waals surface area contributed by atoms with Crippen molar-refractivity contribution in [3.8, 4) is 16.9 Å². The lowest BCUT2D eigenvalue weighted by Gasteiger charge is -2.07. The first-order valence-corrected chi connectivity index (χ1v) is 9.04. The van der Waals surface area contributed by atoms with Crippen LogP contribution in [-0.4, -0.2) is 18.0 Å². The van der Waals surface area contributed by atoms with Crippen LogP contribution in [0.2, 0.25) is 0 Å². The van der Waals surface area contributed by atoms with Crippen LogP contribution in [0.5, 0.6) is 5.75 Å². The predicted octanol–water partition coefficient (Wildman–Crippen LogP) is 4.38. The van der Waals surface area contributed by atoms with E-state index in [1.165, 1.54) is 0 Å². The highest BCUT2D eigenvalue weighted by molar-refractivity contribution is 9.10. The van der Waals surface area contributed by atoms with Gasteiger partial charge in [0.25, 0.3) is 0 Å². The summed E-state index contributed by atoms with van der Waals surface area (Å²) in [5.74, 6) is 0.814. The summed E-state index contributed by atoms with van der Waals surface area (Å²) in [5, 5.41) is 2.90. The number of amides is 1. The van der Waals surface area contributed by atoms with Gasteiger partial charge in [0.1, 0.15) is 5.75 Å². The molecule has 0 aliphatic heterocycles. The van der Waals surface area contributed by atoms with Crippen LogP contribution >= 0.6 is 15.9 Å². The van der Waals surface area contributed by atoms with E-state index >= 15 is 0 Å². The quantitative estimate of drug-likeness (QED) is 0.655. The Morgan fingerprint density at radius 2 is 1.65 bits per heavy atom. The van der Waals surface area contributed by atoms with Gasteiger partial charge in [-0.05, 0) is 56.9 Å². The molecule has 0 aliphatic carbocycles. The van der Waals surface area contributed by atoms with E-state index in [2.05, 4.69) is 26.2 Å². The molecular formula is C21H19BrN2O2. The van der Waals surface area contributed by atoms with Crippen LogP contribution in [0.3, 0.4) is 0 Å². The molecule has 3 aromatic rings. The van der Waals surface area contributed by atoms with Gasteiger partial charge < -0.3 is 10.1 Å². The van der Waals surface area contributed by atoms with E-state index in [-0.39, 0.29) is 5.91 Å². The number of methoxy groups -OCH3 is 1. The lowest BCUT2D eigenvalue weighted by molar-refractivity contribution is -0.120. The molecule has 3 rings (SSSR count). The zero-order valence-corrected chi connectivity index (χ0v) is 16.0. The number of carbonyl (C=O) groups is 1. The summed E-state index contributed by atoms with van der Waals surface area (Å²) in [6.45, 7) is 0.427.